The molecule has 2 amide bonds. The second kappa shape index (κ2) is 7.89. The quantitative estimate of drug-likeness (QED) is 0.825. The largest absolute Gasteiger partial charge is 0.486 e. The van der Waals surface area contributed by atoms with Gasteiger partial charge in [-0.2, -0.15) is 13.2 Å². The third-order valence-corrected chi connectivity index (χ3v) is 5.08. The second-order valence-electron chi connectivity index (χ2n) is 7.15. The average Bonchev–Trinajstić information content (AvgIpc) is 3.13. The third kappa shape index (κ3) is 4.19. The molecule has 158 valence electrons. The molecule has 4 rings (SSSR count). The number of hydrogen-bond donors (Lipinski definition) is 1. The number of amides is 2. The molecule has 30 heavy (non-hydrogen) atoms. The van der Waals surface area contributed by atoms with Gasteiger partial charge >= 0.3 is 6.18 Å². The number of halogens is 3. The number of ether oxygens (including phenoxy) is 2. The van der Waals surface area contributed by atoms with Gasteiger partial charge in [-0.1, -0.05) is 12.1 Å². The van der Waals surface area contributed by atoms with E-state index in [9.17, 15) is 22.8 Å². The predicted molar refractivity (Wildman–Crippen MR) is 101 cm³/mol. The van der Waals surface area contributed by atoms with Crippen LogP contribution in [0.1, 0.15) is 17.5 Å². The maximum absolute atomic E-state index is 12.6. The van der Waals surface area contributed by atoms with Crippen molar-refractivity contribution >= 4 is 17.5 Å². The van der Waals surface area contributed by atoms with Crippen LogP contribution in [0.25, 0.3) is 0 Å². The SMILES string of the molecule is O=C(NCc1ccc(C(F)(F)F)cc1)C1CC(=O)N(c2ccc3c(c2)OCCO3)C1. The maximum atomic E-state index is 12.6. The Morgan fingerprint density at radius 2 is 1.77 bits per heavy atom. The van der Waals surface area contributed by atoms with E-state index in [0.717, 1.165) is 12.1 Å². The van der Waals surface area contributed by atoms with Gasteiger partial charge in [0.05, 0.1) is 11.5 Å². The molecular formula is C21H19F3N2O4. The number of nitrogens with one attached hydrogen (secondary N) is 1. The van der Waals surface area contributed by atoms with Crippen molar-refractivity contribution in [3.05, 3.63) is 53.6 Å². The van der Waals surface area contributed by atoms with Crippen LogP contribution in [-0.4, -0.2) is 31.6 Å². The van der Waals surface area contributed by atoms with Crippen LogP contribution in [0.2, 0.25) is 0 Å². The van der Waals surface area contributed by atoms with Gasteiger partial charge in [0.15, 0.2) is 11.5 Å². The summed E-state index contributed by atoms with van der Waals surface area (Å²) in [5.41, 5.74) is 0.431. The van der Waals surface area contributed by atoms with E-state index in [2.05, 4.69) is 5.32 Å². The average molecular weight is 420 g/mol. The van der Waals surface area contributed by atoms with E-state index in [0.29, 0.717) is 36.0 Å². The number of alkyl halides is 3. The van der Waals surface area contributed by atoms with E-state index in [1.807, 2.05) is 0 Å². The molecule has 1 N–H and O–H groups in total. The van der Waals surface area contributed by atoms with Gasteiger partial charge in [0.2, 0.25) is 11.8 Å². The van der Waals surface area contributed by atoms with Crippen molar-refractivity contribution in [2.75, 3.05) is 24.7 Å². The molecule has 1 atom stereocenters. The predicted octanol–water partition coefficient (Wildman–Crippen LogP) is 3.15. The van der Waals surface area contributed by atoms with E-state index >= 15 is 0 Å². The summed E-state index contributed by atoms with van der Waals surface area (Å²) in [6.45, 7) is 1.21. The molecule has 0 aromatic heterocycles. The van der Waals surface area contributed by atoms with Gasteiger partial charge in [0.1, 0.15) is 13.2 Å². The first-order valence-corrected chi connectivity index (χ1v) is 9.45. The molecule has 2 aromatic carbocycles. The minimum absolute atomic E-state index is 0.0628. The van der Waals surface area contributed by atoms with E-state index in [1.165, 1.54) is 17.0 Å². The lowest BCUT2D eigenvalue weighted by Gasteiger charge is -2.22. The highest BCUT2D eigenvalue weighted by atomic mass is 19.4. The van der Waals surface area contributed by atoms with Gasteiger partial charge in [-0.3, -0.25) is 9.59 Å². The zero-order chi connectivity index (χ0) is 21.3. The number of hydrogen-bond acceptors (Lipinski definition) is 4. The van der Waals surface area contributed by atoms with Crippen molar-refractivity contribution < 1.29 is 32.2 Å². The highest BCUT2D eigenvalue weighted by Crippen LogP contribution is 2.36. The number of nitrogens with zero attached hydrogens (tertiary/aromatic N) is 1. The molecule has 0 aliphatic carbocycles. The first-order valence-electron chi connectivity index (χ1n) is 9.45. The normalized spacial score (nSPS) is 18.4. The van der Waals surface area contributed by atoms with E-state index in [1.54, 1.807) is 18.2 Å². The van der Waals surface area contributed by atoms with Gasteiger partial charge in [-0.15, -0.1) is 0 Å². The molecule has 1 saturated heterocycles. The molecule has 6 nitrogen and oxygen atoms in total. The van der Waals surface area contributed by atoms with Crippen molar-refractivity contribution in [1.82, 2.24) is 5.32 Å². The van der Waals surface area contributed by atoms with Gasteiger partial charge in [-0.25, -0.2) is 0 Å². The van der Waals surface area contributed by atoms with Crippen LogP contribution in [0.5, 0.6) is 11.5 Å². The first kappa shape index (κ1) is 20.1. The molecule has 0 radical (unpaired) electrons. The van der Waals surface area contributed by atoms with Crippen LogP contribution < -0.4 is 19.7 Å². The summed E-state index contributed by atoms with van der Waals surface area (Å²) in [5, 5.41) is 2.70. The minimum atomic E-state index is -4.40. The summed E-state index contributed by atoms with van der Waals surface area (Å²) in [6.07, 6.45) is -4.34. The maximum Gasteiger partial charge on any atom is 0.416 e. The third-order valence-electron chi connectivity index (χ3n) is 5.08. The Balaban J connectivity index is 1.36. The van der Waals surface area contributed by atoms with Gasteiger partial charge in [0, 0.05) is 31.3 Å². The highest BCUT2D eigenvalue weighted by Gasteiger charge is 2.35. The van der Waals surface area contributed by atoms with Crippen molar-refractivity contribution in [2.45, 2.75) is 19.1 Å². The van der Waals surface area contributed by atoms with Crippen LogP contribution in [0.15, 0.2) is 42.5 Å². The molecule has 2 aromatic rings. The number of carbonyl (C=O) groups is 2. The monoisotopic (exact) mass is 420 g/mol. The fourth-order valence-electron chi connectivity index (χ4n) is 3.48. The summed E-state index contributed by atoms with van der Waals surface area (Å²) in [5.74, 6) is 0.133. The Morgan fingerprint density at radius 3 is 2.47 bits per heavy atom. The highest BCUT2D eigenvalue weighted by molar-refractivity contribution is 6.00. The molecule has 9 heteroatoms. The van der Waals surface area contributed by atoms with Crippen LogP contribution in [0.4, 0.5) is 18.9 Å². The Labute approximate surface area is 170 Å². The molecule has 2 heterocycles. The van der Waals surface area contributed by atoms with E-state index in [-0.39, 0.29) is 31.3 Å². The number of carbonyl (C=O) groups excluding carboxylic acids is 2. The topological polar surface area (TPSA) is 67.9 Å². The molecule has 2 aliphatic rings. The van der Waals surface area contributed by atoms with Gasteiger partial charge < -0.3 is 19.7 Å². The molecule has 1 fully saturated rings. The lowest BCUT2D eigenvalue weighted by Crippen LogP contribution is -2.32. The summed E-state index contributed by atoms with van der Waals surface area (Å²) in [6, 6.07) is 9.79. The summed E-state index contributed by atoms with van der Waals surface area (Å²) >= 11 is 0. The van der Waals surface area contributed by atoms with Crippen LogP contribution in [0, 0.1) is 5.92 Å². The Hall–Kier alpha value is -3.23. The number of fused-ring (bicyclic) bond motifs is 1. The van der Waals surface area contributed by atoms with Crippen molar-refractivity contribution in [3.63, 3.8) is 0 Å². The second-order valence-corrected chi connectivity index (χ2v) is 7.15. The Morgan fingerprint density at radius 1 is 1.07 bits per heavy atom. The van der Waals surface area contributed by atoms with E-state index < -0.39 is 17.7 Å². The number of benzene rings is 2. The first-order chi connectivity index (χ1) is 14.3. The lowest BCUT2D eigenvalue weighted by atomic mass is 10.1. The summed E-state index contributed by atoms with van der Waals surface area (Å²) in [7, 11) is 0. The molecule has 0 spiro atoms. The standard InChI is InChI=1S/C21H19F3N2O4/c22-21(23,24)15-3-1-13(2-4-15)11-25-20(28)14-9-19(27)26(12-14)16-5-6-17-18(10-16)30-8-7-29-17/h1-6,10,14H,7-9,11-12H2,(H,25,28). The molecular weight excluding hydrogens is 401 g/mol. The van der Waals surface area contributed by atoms with Gasteiger partial charge in [-0.05, 0) is 29.8 Å². The minimum Gasteiger partial charge on any atom is -0.486 e. The number of anilines is 1. The summed E-state index contributed by atoms with van der Waals surface area (Å²) < 4.78 is 48.9. The zero-order valence-corrected chi connectivity index (χ0v) is 15.9. The van der Waals surface area contributed by atoms with Crippen molar-refractivity contribution in [3.8, 4) is 11.5 Å². The fraction of sp³-hybridized carbons (Fsp3) is 0.333. The molecule has 2 aliphatic heterocycles. The van der Waals surface area contributed by atoms with Crippen LogP contribution in [-0.2, 0) is 22.3 Å². The van der Waals surface area contributed by atoms with Crippen LogP contribution in [0.3, 0.4) is 0 Å². The van der Waals surface area contributed by atoms with Crippen LogP contribution >= 0.6 is 0 Å². The molecule has 1 unspecified atom stereocenters. The Bertz CT molecular complexity index is 960. The Kier molecular flexibility index (Phi) is 5.27. The van der Waals surface area contributed by atoms with Crippen molar-refractivity contribution in [2.24, 2.45) is 5.92 Å². The fourth-order valence-corrected chi connectivity index (χ4v) is 3.48. The summed E-state index contributed by atoms with van der Waals surface area (Å²) in [4.78, 5) is 26.4. The van der Waals surface area contributed by atoms with Gasteiger partial charge in [0.25, 0.3) is 0 Å². The van der Waals surface area contributed by atoms with E-state index in [4.69, 9.17) is 9.47 Å². The number of rotatable bonds is 4. The molecule has 0 bridgehead atoms. The smallest absolute Gasteiger partial charge is 0.416 e. The van der Waals surface area contributed by atoms with Crippen molar-refractivity contribution in [1.29, 1.82) is 0 Å². The zero-order valence-electron chi connectivity index (χ0n) is 15.9. The lowest BCUT2D eigenvalue weighted by molar-refractivity contribution is -0.137. The molecule has 0 saturated carbocycles.